The molecule has 0 heterocycles. The van der Waals surface area contributed by atoms with Crippen LogP contribution in [-0.4, -0.2) is 39.1 Å². The molecule has 0 radical (unpaired) electrons. The molecular formula is C6H16BrMgN. The smallest absolute Gasteiger partial charge is 1.00 e. The van der Waals surface area contributed by atoms with E-state index in [4.69, 9.17) is 0 Å². The molecule has 0 aromatic heterocycles. The van der Waals surface area contributed by atoms with E-state index in [0.29, 0.717) is 12.1 Å². The van der Waals surface area contributed by atoms with Crippen molar-refractivity contribution in [2.45, 2.75) is 39.8 Å². The summed E-state index contributed by atoms with van der Waals surface area (Å²) >= 11 is 3.44. The molecule has 0 rings (SSSR count). The van der Waals surface area contributed by atoms with Gasteiger partial charge in [-0.3, -0.25) is 0 Å². The van der Waals surface area contributed by atoms with Gasteiger partial charge < -0.3 is 2.85 Å². The molecule has 0 aromatic rings. The molecule has 1 nitrogen and oxygen atoms in total. The van der Waals surface area contributed by atoms with Gasteiger partial charge in [-0.15, -0.1) is 0 Å². The van der Waals surface area contributed by atoms with Gasteiger partial charge in [0.25, 0.3) is 0 Å². The van der Waals surface area contributed by atoms with E-state index in [9.17, 15) is 0 Å². The molecule has 0 atom stereocenters. The third-order valence-electron chi connectivity index (χ3n) is 0.987. The SMILES string of the molecule is CC(C)N(Br)C(C)C.[H-].[H-].[Mg+2]. The van der Waals surface area contributed by atoms with E-state index in [1.807, 2.05) is 0 Å². The molecule has 9 heavy (non-hydrogen) atoms. The van der Waals surface area contributed by atoms with Gasteiger partial charge in [0, 0.05) is 28.2 Å². The Bertz CT molecular complexity index is 65.6. The maximum Gasteiger partial charge on any atom is 2.00 e. The van der Waals surface area contributed by atoms with Crippen molar-refractivity contribution in [3.63, 3.8) is 0 Å². The van der Waals surface area contributed by atoms with Crippen molar-refractivity contribution in [3.05, 3.63) is 0 Å². The average Bonchev–Trinajstić information content (AvgIpc) is 1.64. The Morgan fingerprint density at radius 3 is 1.33 bits per heavy atom. The third kappa shape index (κ3) is 5.64. The summed E-state index contributed by atoms with van der Waals surface area (Å²) in [7, 11) is 0. The van der Waals surface area contributed by atoms with Gasteiger partial charge in [0.05, 0.1) is 0 Å². The maximum absolute atomic E-state index is 3.44. The molecule has 0 saturated carbocycles. The summed E-state index contributed by atoms with van der Waals surface area (Å²) in [5, 5.41) is 0. The summed E-state index contributed by atoms with van der Waals surface area (Å²) in [6.45, 7) is 8.65. The molecular weight excluding hydrogens is 190 g/mol. The van der Waals surface area contributed by atoms with Crippen LogP contribution in [0.3, 0.4) is 0 Å². The van der Waals surface area contributed by atoms with Gasteiger partial charge in [0.15, 0.2) is 0 Å². The van der Waals surface area contributed by atoms with E-state index in [0.717, 1.165) is 0 Å². The van der Waals surface area contributed by atoms with Crippen LogP contribution in [0.4, 0.5) is 0 Å². The molecule has 0 N–H and O–H groups in total. The molecule has 3 heteroatoms. The van der Waals surface area contributed by atoms with Crippen molar-refractivity contribution in [2.75, 3.05) is 0 Å². The van der Waals surface area contributed by atoms with Crippen LogP contribution in [0, 0.1) is 0 Å². The van der Waals surface area contributed by atoms with Crippen LogP contribution >= 0.6 is 16.1 Å². The normalized spacial score (nSPS) is 10.7. The summed E-state index contributed by atoms with van der Waals surface area (Å²) in [6.07, 6.45) is 0. The Morgan fingerprint density at radius 1 is 1.11 bits per heavy atom. The molecule has 54 valence electrons. The Hall–Kier alpha value is 1.21. The topological polar surface area (TPSA) is 3.24 Å². The minimum Gasteiger partial charge on any atom is -1.00 e. The van der Waals surface area contributed by atoms with Gasteiger partial charge in [0.2, 0.25) is 0 Å². The van der Waals surface area contributed by atoms with Crippen LogP contribution in [0.2, 0.25) is 0 Å². The van der Waals surface area contributed by atoms with Crippen LogP contribution < -0.4 is 0 Å². The van der Waals surface area contributed by atoms with Crippen LogP contribution in [0.5, 0.6) is 0 Å². The molecule has 0 aromatic carbocycles. The Balaban J connectivity index is -0.0000000817. The number of rotatable bonds is 2. The first-order valence-corrected chi connectivity index (χ1v) is 3.70. The van der Waals surface area contributed by atoms with E-state index >= 15 is 0 Å². The molecule has 0 fully saturated rings. The Morgan fingerprint density at radius 2 is 1.33 bits per heavy atom. The first kappa shape index (κ1) is 12.8. The second kappa shape index (κ2) is 5.95. The average molecular weight is 206 g/mol. The Labute approximate surface area is 85.6 Å². The summed E-state index contributed by atoms with van der Waals surface area (Å²) < 4.78 is 2.15. The molecule has 0 spiro atoms. The fraction of sp³-hybridized carbons (Fsp3) is 1.00. The molecule has 0 saturated heterocycles. The van der Waals surface area contributed by atoms with Crippen LogP contribution in [-0.2, 0) is 0 Å². The first-order chi connectivity index (χ1) is 3.55. The number of hydrogen-bond donors (Lipinski definition) is 0. The van der Waals surface area contributed by atoms with Gasteiger partial charge >= 0.3 is 23.1 Å². The van der Waals surface area contributed by atoms with Gasteiger partial charge in [-0.2, -0.15) is 0 Å². The molecule has 0 unspecified atom stereocenters. The summed E-state index contributed by atoms with van der Waals surface area (Å²) in [5.41, 5.74) is 0. The predicted octanol–water partition coefficient (Wildman–Crippen LogP) is 2.26. The number of halogens is 1. The van der Waals surface area contributed by atoms with Crippen molar-refractivity contribution in [1.82, 2.24) is 3.93 Å². The third-order valence-corrected chi connectivity index (χ3v) is 2.62. The summed E-state index contributed by atoms with van der Waals surface area (Å²) in [4.78, 5) is 0. The number of nitrogens with zero attached hydrogens (tertiary/aromatic N) is 1. The fourth-order valence-electron chi connectivity index (χ4n) is 0.596. The standard InChI is InChI=1S/C6H14BrN.Mg.2H/c1-5(2)8(7)6(3)4;;;/h5-6H,1-4H3;;;/q;+2;2*-1. The molecule has 0 aliphatic carbocycles. The summed E-state index contributed by atoms with van der Waals surface area (Å²) in [5.74, 6) is 0. The van der Waals surface area contributed by atoms with Crippen molar-refractivity contribution in [3.8, 4) is 0 Å². The van der Waals surface area contributed by atoms with Crippen LogP contribution in [0.15, 0.2) is 0 Å². The number of hydrogen-bond acceptors (Lipinski definition) is 1. The molecule has 0 aliphatic rings. The quantitative estimate of drug-likeness (QED) is 0.495. The second-order valence-corrected chi connectivity index (χ2v) is 3.35. The first-order valence-electron chi connectivity index (χ1n) is 2.99. The van der Waals surface area contributed by atoms with E-state index in [-0.39, 0.29) is 25.9 Å². The van der Waals surface area contributed by atoms with Gasteiger partial charge in [0.1, 0.15) is 0 Å². The van der Waals surface area contributed by atoms with Crippen LogP contribution in [0.1, 0.15) is 30.5 Å². The van der Waals surface area contributed by atoms with E-state index < -0.39 is 0 Å². The monoisotopic (exact) mass is 205 g/mol. The van der Waals surface area contributed by atoms with Crippen molar-refractivity contribution in [1.29, 1.82) is 0 Å². The largest absolute Gasteiger partial charge is 2.00 e. The zero-order valence-corrected chi connectivity index (χ0v) is 9.69. The van der Waals surface area contributed by atoms with Gasteiger partial charge in [-0.1, -0.05) is 0 Å². The zero-order chi connectivity index (χ0) is 6.73. The van der Waals surface area contributed by atoms with Gasteiger partial charge in [-0.05, 0) is 27.7 Å². The van der Waals surface area contributed by atoms with Crippen LogP contribution in [0.25, 0.3) is 0 Å². The maximum atomic E-state index is 3.44. The van der Waals surface area contributed by atoms with E-state index in [1.54, 1.807) is 0 Å². The minimum absolute atomic E-state index is 0. The predicted molar refractivity (Wildman–Crippen MR) is 49.0 cm³/mol. The van der Waals surface area contributed by atoms with Crippen molar-refractivity contribution in [2.24, 2.45) is 0 Å². The van der Waals surface area contributed by atoms with E-state index in [2.05, 4.69) is 47.8 Å². The van der Waals surface area contributed by atoms with Gasteiger partial charge in [-0.25, -0.2) is 3.93 Å². The van der Waals surface area contributed by atoms with Crippen molar-refractivity contribution >= 4 is 39.2 Å². The Kier molecular flexibility index (Phi) is 8.49. The molecule has 0 bridgehead atoms. The molecule has 0 amide bonds. The zero-order valence-electron chi connectivity index (χ0n) is 8.69. The van der Waals surface area contributed by atoms with Crippen molar-refractivity contribution < 1.29 is 2.85 Å². The minimum atomic E-state index is 0. The summed E-state index contributed by atoms with van der Waals surface area (Å²) in [6, 6.07) is 1.19. The van der Waals surface area contributed by atoms with E-state index in [1.165, 1.54) is 0 Å². The second-order valence-electron chi connectivity index (χ2n) is 2.53. The molecule has 0 aliphatic heterocycles. The fourth-order valence-corrected chi connectivity index (χ4v) is 0.596.